The molecule has 38 heavy (non-hydrogen) atoms. The molecule has 0 saturated carbocycles. The molecule has 0 aliphatic rings. The lowest BCUT2D eigenvalue weighted by Gasteiger charge is -2.32. The quantitative estimate of drug-likeness (QED) is 0.330. The van der Waals surface area contributed by atoms with E-state index in [-0.39, 0.29) is 28.7 Å². The van der Waals surface area contributed by atoms with Crippen LogP contribution in [0.2, 0.25) is 0 Å². The molecule has 0 spiro atoms. The van der Waals surface area contributed by atoms with Crippen LogP contribution in [0.4, 0.5) is 10.1 Å². The lowest BCUT2D eigenvalue weighted by molar-refractivity contribution is -0.139. The predicted molar refractivity (Wildman–Crippen MR) is 149 cm³/mol. The Hall–Kier alpha value is -3.24. The number of hydrogen-bond acceptors (Lipinski definition) is 4. The molecule has 202 valence electrons. The smallest absolute Gasteiger partial charge is 0.264 e. The molecule has 0 fully saturated rings. The molecule has 2 atom stereocenters. The van der Waals surface area contributed by atoms with E-state index in [0.29, 0.717) is 10.9 Å². The van der Waals surface area contributed by atoms with Gasteiger partial charge in [0.25, 0.3) is 10.0 Å². The maximum absolute atomic E-state index is 14.6. The number of sulfonamides is 1. The predicted octanol–water partition coefficient (Wildman–Crippen LogP) is 5.12. The van der Waals surface area contributed by atoms with Crippen molar-refractivity contribution in [3.05, 3.63) is 94.7 Å². The minimum absolute atomic E-state index is 0.0102. The second-order valence-electron chi connectivity index (χ2n) is 8.91. The highest BCUT2D eigenvalue weighted by molar-refractivity contribution is 9.10. The summed E-state index contributed by atoms with van der Waals surface area (Å²) in [4.78, 5) is 28.0. The average Bonchev–Trinajstić information content (AvgIpc) is 2.91. The summed E-state index contributed by atoms with van der Waals surface area (Å²) in [6.07, 6.45) is 0.686. The first-order chi connectivity index (χ1) is 18.0. The van der Waals surface area contributed by atoms with Crippen LogP contribution >= 0.6 is 15.9 Å². The second-order valence-corrected chi connectivity index (χ2v) is 11.7. The number of halogens is 2. The van der Waals surface area contributed by atoms with Crippen molar-refractivity contribution in [2.75, 3.05) is 10.8 Å². The van der Waals surface area contributed by atoms with E-state index < -0.39 is 40.2 Å². The minimum Gasteiger partial charge on any atom is -0.352 e. The van der Waals surface area contributed by atoms with Gasteiger partial charge in [-0.3, -0.25) is 13.9 Å². The van der Waals surface area contributed by atoms with Crippen LogP contribution in [-0.2, 0) is 26.2 Å². The first-order valence-electron chi connectivity index (χ1n) is 12.2. The van der Waals surface area contributed by atoms with E-state index in [2.05, 4.69) is 21.2 Å². The summed E-state index contributed by atoms with van der Waals surface area (Å²) < 4.78 is 43.6. The molecule has 0 heterocycles. The Kier molecular flexibility index (Phi) is 10.0. The van der Waals surface area contributed by atoms with Gasteiger partial charge in [0.1, 0.15) is 18.4 Å². The number of nitrogens with one attached hydrogen (secondary N) is 1. The van der Waals surface area contributed by atoms with Crippen molar-refractivity contribution in [2.45, 2.75) is 50.7 Å². The Morgan fingerprint density at radius 2 is 1.63 bits per heavy atom. The Labute approximate surface area is 231 Å². The number of carbonyl (C=O) groups is 2. The van der Waals surface area contributed by atoms with Gasteiger partial charge < -0.3 is 10.2 Å². The Morgan fingerprint density at radius 1 is 0.974 bits per heavy atom. The van der Waals surface area contributed by atoms with Gasteiger partial charge in [0.2, 0.25) is 11.8 Å². The van der Waals surface area contributed by atoms with Crippen LogP contribution in [0.25, 0.3) is 0 Å². The van der Waals surface area contributed by atoms with Crippen LogP contribution in [0.5, 0.6) is 0 Å². The molecule has 7 nitrogen and oxygen atoms in total. The molecule has 0 bridgehead atoms. The van der Waals surface area contributed by atoms with Crippen molar-refractivity contribution >= 4 is 43.5 Å². The fourth-order valence-electron chi connectivity index (χ4n) is 3.74. The molecular formula is C28H31BrFN3O4S. The molecule has 0 saturated heterocycles. The molecule has 10 heteroatoms. The minimum atomic E-state index is -4.16. The highest BCUT2D eigenvalue weighted by Crippen LogP contribution is 2.27. The topological polar surface area (TPSA) is 86.8 Å². The zero-order chi connectivity index (χ0) is 27.9. The van der Waals surface area contributed by atoms with E-state index in [1.165, 1.54) is 35.2 Å². The van der Waals surface area contributed by atoms with Crippen LogP contribution in [0.3, 0.4) is 0 Å². The number of amides is 2. The number of rotatable bonds is 11. The van der Waals surface area contributed by atoms with Crippen molar-refractivity contribution in [1.82, 2.24) is 10.2 Å². The van der Waals surface area contributed by atoms with Crippen molar-refractivity contribution in [1.29, 1.82) is 0 Å². The molecule has 0 radical (unpaired) electrons. The van der Waals surface area contributed by atoms with Crippen molar-refractivity contribution < 1.29 is 22.4 Å². The van der Waals surface area contributed by atoms with E-state index in [9.17, 15) is 22.4 Å². The SMILES string of the molecule is CC[C@H](C)NC(=O)[C@@H](C)N(Cc1ccccc1F)C(=O)CN(c1cccc(Br)c1)S(=O)(=O)c1ccccc1. The molecule has 2 amide bonds. The molecule has 0 aromatic heterocycles. The number of nitrogens with zero attached hydrogens (tertiary/aromatic N) is 2. The maximum atomic E-state index is 14.6. The monoisotopic (exact) mass is 603 g/mol. The summed E-state index contributed by atoms with van der Waals surface area (Å²) in [7, 11) is -4.16. The number of anilines is 1. The normalized spacial score (nSPS) is 12.9. The molecule has 3 aromatic rings. The van der Waals surface area contributed by atoms with Crippen LogP contribution < -0.4 is 9.62 Å². The van der Waals surface area contributed by atoms with E-state index in [1.54, 1.807) is 55.5 Å². The lowest BCUT2D eigenvalue weighted by atomic mass is 10.1. The number of benzene rings is 3. The number of hydrogen-bond donors (Lipinski definition) is 1. The van der Waals surface area contributed by atoms with E-state index in [1.807, 2.05) is 13.8 Å². The lowest BCUT2D eigenvalue weighted by Crippen LogP contribution is -2.52. The van der Waals surface area contributed by atoms with Crippen LogP contribution in [0.15, 0.2) is 88.2 Å². The third kappa shape index (κ3) is 7.20. The van der Waals surface area contributed by atoms with Gasteiger partial charge in [-0.2, -0.15) is 0 Å². The summed E-state index contributed by atoms with van der Waals surface area (Å²) >= 11 is 3.36. The maximum Gasteiger partial charge on any atom is 0.264 e. The van der Waals surface area contributed by atoms with E-state index in [4.69, 9.17) is 0 Å². The number of carbonyl (C=O) groups excluding carboxylic acids is 2. The van der Waals surface area contributed by atoms with Gasteiger partial charge in [-0.1, -0.05) is 65.3 Å². The Balaban J connectivity index is 2.03. The molecule has 1 N–H and O–H groups in total. The average molecular weight is 605 g/mol. The molecule has 3 rings (SSSR count). The molecule has 3 aromatic carbocycles. The van der Waals surface area contributed by atoms with Crippen LogP contribution in [0, 0.1) is 5.82 Å². The van der Waals surface area contributed by atoms with Crippen molar-refractivity contribution in [3.8, 4) is 0 Å². The van der Waals surface area contributed by atoms with Gasteiger partial charge in [0.15, 0.2) is 0 Å². The Bertz CT molecular complexity index is 1370. The van der Waals surface area contributed by atoms with Gasteiger partial charge in [-0.25, -0.2) is 12.8 Å². The van der Waals surface area contributed by atoms with Gasteiger partial charge >= 0.3 is 0 Å². The molecular weight excluding hydrogens is 573 g/mol. The first kappa shape index (κ1) is 29.3. The largest absolute Gasteiger partial charge is 0.352 e. The van der Waals surface area contributed by atoms with Gasteiger partial charge in [-0.05, 0) is 56.7 Å². The van der Waals surface area contributed by atoms with Gasteiger partial charge in [0, 0.05) is 22.6 Å². The molecule has 0 aliphatic heterocycles. The Morgan fingerprint density at radius 3 is 2.26 bits per heavy atom. The standard InChI is InChI=1S/C28H31BrFN3O4S/c1-4-20(2)31-28(35)21(3)32(18-22-11-8-9-16-26(22)30)27(34)19-33(24-13-10-12-23(29)17-24)38(36,37)25-14-6-5-7-15-25/h5-17,20-21H,4,18-19H2,1-3H3,(H,31,35)/t20-,21+/m0/s1. The zero-order valence-electron chi connectivity index (χ0n) is 21.5. The summed E-state index contributed by atoms with van der Waals surface area (Å²) in [5.74, 6) is -1.59. The van der Waals surface area contributed by atoms with E-state index in [0.717, 1.165) is 4.31 Å². The fraction of sp³-hybridized carbons (Fsp3) is 0.286. The highest BCUT2D eigenvalue weighted by atomic mass is 79.9. The highest BCUT2D eigenvalue weighted by Gasteiger charge is 2.33. The van der Waals surface area contributed by atoms with Crippen molar-refractivity contribution in [2.24, 2.45) is 0 Å². The summed E-state index contributed by atoms with van der Waals surface area (Å²) in [5.41, 5.74) is 0.475. The summed E-state index contributed by atoms with van der Waals surface area (Å²) in [5, 5.41) is 2.85. The summed E-state index contributed by atoms with van der Waals surface area (Å²) in [6, 6.07) is 19.2. The van der Waals surface area contributed by atoms with Crippen LogP contribution in [0.1, 0.15) is 32.8 Å². The second kappa shape index (κ2) is 13.0. The van der Waals surface area contributed by atoms with Gasteiger partial charge in [0.05, 0.1) is 10.6 Å². The third-order valence-electron chi connectivity index (χ3n) is 6.17. The van der Waals surface area contributed by atoms with E-state index >= 15 is 0 Å². The summed E-state index contributed by atoms with van der Waals surface area (Å²) in [6.45, 7) is 4.50. The van der Waals surface area contributed by atoms with Crippen molar-refractivity contribution in [3.63, 3.8) is 0 Å². The van der Waals surface area contributed by atoms with Gasteiger partial charge in [-0.15, -0.1) is 0 Å². The first-order valence-corrected chi connectivity index (χ1v) is 14.4. The zero-order valence-corrected chi connectivity index (χ0v) is 23.9. The molecule has 0 unspecified atom stereocenters. The molecule has 0 aliphatic carbocycles. The van der Waals surface area contributed by atoms with Crippen LogP contribution in [-0.4, -0.2) is 43.8 Å². The fourth-order valence-corrected chi connectivity index (χ4v) is 5.55. The third-order valence-corrected chi connectivity index (χ3v) is 8.45.